The second kappa shape index (κ2) is 5.91. The third-order valence-corrected chi connectivity index (χ3v) is 2.17. The molecule has 1 rings (SSSR count). The molecule has 1 aromatic rings. The molecular formula is C11H13ClN4O. The molecule has 0 saturated heterocycles. The van der Waals surface area contributed by atoms with Gasteiger partial charge in [0.15, 0.2) is 0 Å². The molecule has 17 heavy (non-hydrogen) atoms. The highest BCUT2D eigenvalue weighted by Gasteiger charge is 2.06. The van der Waals surface area contributed by atoms with Crippen molar-refractivity contribution in [1.82, 2.24) is 4.98 Å². The van der Waals surface area contributed by atoms with E-state index in [0.717, 1.165) is 0 Å². The monoisotopic (exact) mass is 252 g/mol. The first kappa shape index (κ1) is 13.1. The molecule has 1 heterocycles. The van der Waals surface area contributed by atoms with E-state index in [4.69, 9.17) is 23.1 Å². The highest BCUT2D eigenvalue weighted by atomic mass is 35.5. The molecule has 1 amide bonds. The Morgan fingerprint density at radius 3 is 2.82 bits per heavy atom. The first-order chi connectivity index (χ1) is 8.04. The van der Waals surface area contributed by atoms with Gasteiger partial charge >= 0.3 is 0 Å². The minimum absolute atomic E-state index is 0.212. The average Bonchev–Trinajstić information content (AvgIpc) is 2.25. The molecule has 0 unspecified atom stereocenters. The van der Waals surface area contributed by atoms with E-state index in [1.54, 1.807) is 12.2 Å². The molecule has 90 valence electrons. The van der Waals surface area contributed by atoms with Gasteiger partial charge in [-0.3, -0.25) is 4.79 Å². The van der Waals surface area contributed by atoms with Crippen LogP contribution in [-0.4, -0.2) is 10.9 Å². The summed E-state index contributed by atoms with van der Waals surface area (Å²) in [5.41, 5.74) is 12.0. The molecule has 0 bridgehead atoms. The Labute approximate surface area is 104 Å². The highest BCUT2D eigenvalue weighted by Crippen LogP contribution is 2.22. The molecule has 5 N–H and O–H groups in total. The number of nitrogens with zero attached hydrogens (tertiary/aromatic N) is 1. The number of amides is 1. The number of nitrogens with one attached hydrogen (secondary N) is 1. The zero-order chi connectivity index (χ0) is 12.8. The van der Waals surface area contributed by atoms with Gasteiger partial charge in [0.05, 0.1) is 5.02 Å². The van der Waals surface area contributed by atoms with Gasteiger partial charge in [0.2, 0.25) is 5.91 Å². The van der Waals surface area contributed by atoms with Crippen LogP contribution in [0.5, 0.6) is 0 Å². The van der Waals surface area contributed by atoms with Gasteiger partial charge in [0, 0.05) is 30.4 Å². The molecule has 1 aromatic heterocycles. The van der Waals surface area contributed by atoms with Gasteiger partial charge in [-0.2, -0.15) is 0 Å². The van der Waals surface area contributed by atoms with Gasteiger partial charge < -0.3 is 16.8 Å². The summed E-state index contributed by atoms with van der Waals surface area (Å²) in [6, 6.07) is 1.53. The molecule has 0 saturated carbocycles. The minimum atomic E-state index is -0.212. The number of carbonyl (C=O) groups excluding carboxylic acids is 1. The van der Waals surface area contributed by atoms with E-state index in [-0.39, 0.29) is 5.91 Å². The molecule has 6 heteroatoms. The molecule has 0 radical (unpaired) electrons. The molecule has 0 aromatic carbocycles. The van der Waals surface area contributed by atoms with Gasteiger partial charge in [0.1, 0.15) is 5.82 Å². The number of aromatic nitrogens is 1. The van der Waals surface area contributed by atoms with Crippen LogP contribution in [0.1, 0.15) is 12.5 Å². The third kappa shape index (κ3) is 3.81. The first-order valence-corrected chi connectivity index (χ1v) is 5.20. The third-order valence-electron chi connectivity index (χ3n) is 1.86. The topological polar surface area (TPSA) is 94.0 Å². The van der Waals surface area contributed by atoms with Gasteiger partial charge in [0.25, 0.3) is 0 Å². The smallest absolute Gasteiger partial charge is 0.222 e. The van der Waals surface area contributed by atoms with Crippen LogP contribution in [0.25, 0.3) is 5.70 Å². The van der Waals surface area contributed by atoms with Crippen molar-refractivity contribution < 1.29 is 4.79 Å². The number of hydrogen-bond donors (Lipinski definition) is 3. The van der Waals surface area contributed by atoms with Crippen LogP contribution in [0.3, 0.4) is 0 Å². The van der Waals surface area contributed by atoms with Crippen LogP contribution in [0.2, 0.25) is 5.02 Å². The summed E-state index contributed by atoms with van der Waals surface area (Å²) in [5, 5.41) is 2.93. The summed E-state index contributed by atoms with van der Waals surface area (Å²) < 4.78 is 0. The van der Waals surface area contributed by atoms with E-state index in [2.05, 4.69) is 10.3 Å². The second-order valence-electron chi connectivity index (χ2n) is 3.24. The van der Waals surface area contributed by atoms with Crippen molar-refractivity contribution >= 4 is 29.0 Å². The lowest BCUT2D eigenvalue weighted by Gasteiger charge is -2.06. The second-order valence-corrected chi connectivity index (χ2v) is 3.64. The number of anilines is 1. The van der Waals surface area contributed by atoms with Gasteiger partial charge in [-0.1, -0.05) is 11.6 Å². The number of pyridine rings is 1. The van der Waals surface area contributed by atoms with E-state index >= 15 is 0 Å². The quantitative estimate of drug-likeness (QED) is 0.710. The molecule has 0 spiro atoms. The summed E-state index contributed by atoms with van der Waals surface area (Å²) in [4.78, 5) is 14.8. The molecule has 0 aliphatic carbocycles. The van der Waals surface area contributed by atoms with Crippen molar-refractivity contribution in [2.75, 3.05) is 5.32 Å². The molecule has 0 fully saturated rings. The average molecular weight is 253 g/mol. The van der Waals surface area contributed by atoms with E-state index in [9.17, 15) is 4.79 Å². The lowest BCUT2D eigenvalue weighted by molar-refractivity contribution is -0.114. The summed E-state index contributed by atoms with van der Waals surface area (Å²) in [5.74, 6) is 0.171. The minimum Gasteiger partial charge on any atom is -0.405 e. The molecule has 0 aliphatic rings. The van der Waals surface area contributed by atoms with Crippen LogP contribution in [0, 0.1) is 0 Å². The Morgan fingerprint density at radius 2 is 2.29 bits per heavy atom. The normalized spacial score (nSPS) is 11.8. The fourth-order valence-electron chi connectivity index (χ4n) is 1.14. The van der Waals surface area contributed by atoms with Crippen molar-refractivity contribution in [3.8, 4) is 0 Å². The van der Waals surface area contributed by atoms with Crippen molar-refractivity contribution in [2.45, 2.75) is 6.92 Å². The van der Waals surface area contributed by atoms with E-state index in [1.165, 1.54) is 25.4 Å². The maximum atomic E-state index is 10.8. The van der Waals surface area contributed by atoms with Crippen molar-refractivity contribution in [1.29, 1.82) is 0 Å². The number of rotatable bonds is 3. The van der Waals surface area contributed by atoms with Crippen molar-refractivity contribution in [3.05, 3.63) is 41.2 Å². The summed E-state index contributed by atoms with van der Waals surface area (Å²) in [6.07, 6.45) is 6.05. The van der Waals surface area contributed by atoms with Crippen molar-refractivity contribution in [2.24, 2.45) is 11.5 Å². The number of allylic oxidation sites excluding steroid dienone is 2. The number of nitrogens with two attached hydrogens (primary N) is 2. The van der Waals surface area contributed by atoms with E-state index in [0.29, 0.717) is 22.1 Å². The Bertz CT molecular complexity index is 482. The van der Waals surface area contributed by atoms with E-state index < -0.39 is 0 Å². The van der Waals surface area contributed by atoms with Crippen molar-refractivity contribution in [3.63, 3.8) is 0 Å². The van der Waals surface area contributed by atoms with E-state index in [1.807, 2.05) is 0 Å². The molecule has 0 atom stereocenters. The Kier molecular flexibility index (Phi) is 4.54. The summed E-state index contributed by atoms with van der Waals surface area (Å²) >= 11 is 6.02. The maximum absolute atomic E-state index is 10.8. The summed E-state index contributed by atoms with van der Waals surface area (Å²) in [7, 11) is 0. The largest absolute Gasteiger partial charge is 0.405 e. The van der Waals surface area contributed by atoms with Crippen LogP contribution in [0.4, 0.5) is 5.82 Å². The SMILES string of the molecule is CC(=O)Nc1cc(Cl)c(/C(N)=C/C=C\N)cn1. The standard InChI is InChI=1S/C11H13ClN4O/c1-7(17)16-11-5-9(12)8(6-15-11)10(14)3-2-4-13/h2-6H,13-14H2,1H3,(H,15,16,17)/b4-2-,10-3-. The maximum Gasteiger partial charge on any atom is 0.222 e. The summed E-state index contributed by atoms with van der Waals surface area (Å²) in [6.45, 7) is 1.39. The van der Waals surface area contributed by atoms with Crippen LogP contribution in [0.15, 0.2) is 30.6 Å². The molecular weight excluding hydrogens is 240 g/mol. The van der Waals surface area contributed by atoms with Crippen LogP contribution in [-0.2, 0) is 4.79 Å². The predicted octanol–water partition coefficient (Wildman–Crippen LogP) is 1.47. The van der Waals surface area contributed by atoms with Crippen LogP contribution < -0.4 is 16.8 Å². The number of hydrogen-bond acceptors (Lipinski definition) is 4. The Hall–Kier alpha value is -2.01. The zero-order valence-electron chi connectivity index (χ0n) is 9.27. The molecule has 5 nitrogen and oxygen atoms in total. The number of halogens is 1. The molecule has 0 aliphatic heterocycles. The lowest BCUT2D eigenvalue weighted by Crippen LogP contribution is -2.08. The first-order valence-electron chi connectivity index (χ1n) is 4.82. The van der Waals surface area contributed by atoms with Gasteiger partial charge in [-0.05, 0) is 18.4 Å². The zero-order valence-corrected chi connectivity index (χ0v) is 10.0. The predicted molar refractivity (Wildman–Crippen MR) is 69.0 cm³/mol. The Morgan fingerprint density at radius 1 is 1.59 bits per heavy atom. The highest BCUT2D eigenvalue weighted by molar-refractivity contribution is 6.32. The van der Waals surface area contributed by atoms with Gasteiger partial charge in [-0.15, -0.1) is 0 Å². The lowest BCUT2D eigenvalue weighted by atomic mass is 10.2. The van der Waals surface area contributed by atoms with Gasteiger partial charge in [-0.25, -0.2) is 4.98 Å². The van der Waals surface area contributed by atoms with Crippen LogP contribution >= 0.6 is 11.6 Å². The fourth-order valence-corrected chi connectivity index (χ4v) is 1.40. The Balaban J connectivity index is 3.01. The fraction of sp³-hybridized carbons (Fsp3) is 0.0909. The number of carbonyl (C=O) groups is 1.